The molecule has 1 heteroatoms. The summed E-state index contributed by atoms with van der Waals surface area (Å²) < 4.78 is 5.80. The van der Waals surface area contributed by atoms with Crippen molar-refractivity contribution in [2.75, 3.05) is 0 Å². The number of hydrogen-bond donors (Lipinski definition) is 0. The second kappa shape index (κ2) is 3.87. The van der Waals surface area contributed by atoms with E-state index >= 15 is 0 Å². The Morgan fingerprint density at radius 3 is 2.71 bits per heavy atom. The molecule has 0 bridgehead atoms. The van der Waals surface area contributed by atoms with E-state index in [0.29, 0.717) is 0 Å². The molecular formula is C13H16O. The number of unbranched alkanes of at least 4 members (excludes halogenated alkanes) is 1. The van der Waals surface area contributed by atoms with Crippen LogP contribution in [0.1, 0.15) is 31.1 Å². The third kappa shape index (κ3) is 1.54. The van der Waals surface area contributed by atoms with Crippen molar-refractivity contribution in [1.29, 1.82) is 0 Å². The minimum absolute atomic E-state index is 1.02. The Hall–Kier alpha value is -1.24. The van der Waals surface area contributed by atoms with Gasteiger partial charge in [-0.1, -0.05) is 31.5 Å². The van der Waals surface area contributed by atoms with Gasteiger partial charge in [-0.25, -0.2) is 0 Å². The van der Waals surface area contributed by atoms with Crippen LogP contribution >= 0.6 is 0 Å². The molecule has 0 radical (unpaired) electrons. The lowest BCUT2D eigenvalue weighted by Crippen LogP contribution is -1.83. The summed E-state index contributed by atoms with van der Waals surface area (Å²) in [6.45, 7) is 4.36. The number of rotatable bonds is 3. The molecule has 0 saturated heterocycles. The number of aryl methyl sites for hydroxylation is 2. The van der Waals surface area contributed by atoms with Gasteiger partial charge >= 0.3 is 0 Å². The van der Waals surface area contributed by atoms with Crippen molar-refractivity contribution < 1.29 is 4.42 Å². The van der Waals surface area contributed by atoms with Crippen LogP contribution in [0.25, 0.3) is 11.0 Å². The molecule has 0 fully saturated rings. The fraction of sp³-hybridized carbons (Fsp3) is 0.385. The first-order valence-corrected chi connectivity index (χ1v) is 5.30. The zero-order chi connectivity index (χ0) is 9.97. The van der Waals surface area contributed by atoms with Crippen LogP contribution in [0.2, 0.25) is 0 Å². The molecule has 74 valence electrons. The number of para-hydroxylation sites is 1. The highest BCUT2D eigenvalue weighted by molar-refractivity contribution is 5.81. The summed E-state index contributed by atoms with van der Waals surface area (Å²) in [4.78, 5) is 0. The monoisotopic (exact) mass is 188 g/mol. The molecule has 1 heterocycles. The minimum atomic E-state index is 1.02. The third-order valence-electron chi connectivity index (χ3n) is 2.70. The van der Waals surface area contributed by atoms with Gasteiger partial charge in [0.1, 0.15) is 11.3 Å². The van der Waals surface area contributed by atoms with Crippen molar-refractivity contribution in [3.63, 3.8) is 0 Å². The summed E-state index contributed by atoms with van der Waals surface area (Å²) in [6.07, 6.45) is 3.49. The van der Waals surface area contributed by atoms with Crippen LogP contribution in [0.3, 0.4) is 0 Å². The summed E-state index contributed by atoms with van der Waals surface area (Å²) in [7, 11) is 0. The Kier molecular flexibility index (Phi) is 2.58. The number of hydrogen-bond acceptors (Lipinski definition) is 1. The average Bonchev–Trinajstić information content (AvgIpc) is 2.54. The van der Waals surface area contributed by atoms with E-state index in [1.807, 2.05) is 12.1 Å². The standard InChI is InChI=1S/C13H16O/c1-3-4-8-12-10(2)11-7-5-6-9-13(11)14-12/h5-7,9H,3-4,8H2,1-2H3. The predicted molar refractivity (Wildman–Crippen MR) is 59.6 cm³/mol. The van der Waals surface area contributed by atoms with Crippen LogP contribution in [0, 0.1) is 6.92 Å². The molecule has 1 aromatic carbocycles. The fourth-order valence-electron chi connectivity index (χ4n) is 1.80. The molecule has 0 saturated carbocycles. The maximum Gasteiger partial charge on any atom is 0.134 e. The molecular weight excluding hydrogens is 172 g/mol. The molecule has 0 unspecified atom stereocenters. The van der Waals surface area contributed by atoms with Gasteiger partial charge in [-0.05, 0) is 25.0 Å². The molecule has 0 N–H and O–H groups in total. The molecule has 2 aromatic rings. The first-order valence-electron chi connectivity index (χ1n) is 5.30. The molecule has 0 atom stereocenters. The van der Waals surface area contributed by atoms with E-state index in [-0.39, 0.29) is 0 Å². The van der Waals surface area contributed by atoms with Crippen LogP contribution in [0.15, 0.2) is 28.7 Å². The van der Waals surface area contributed by atoms with Crippen molar-refractivity contribution in [2.45, 2.75) is 33.1 Å². The van der Waals surface area contributed by atoms with E-state index in [0.717, 1.165) is 17.8 Å². The molecule has 1 aromatic heterocycles. The lowest BCUT2D eigenvalue weighted by Gasteiger charge is -1.94. The Morgan fingerprint density at radius 2 is 2.00 bits per heavy atom. The minimum Gasteiger partial charge on any atom is -0.461 e. The van der Waals surface area contributed by atoms with E-state index in [1.165, 1.54) is 23.8 Å². The van der Waals surface area contributed by atoms with Gasteiger partial charge in [0, 0.05) is 11.8 Å². The maximum atomic E-state index is 5.80. The molecule has 14 heavy (non-hydrogen) atoms. The third-order valence-corrected chi connectivity index (χ3v) is 2.70. The van der Waals surface area contributed by atoms with Gasteiger partial charge in [0.2, 0.25) is 0 Å². The lowest BCUT2D eigenvalue weighted by molar-refractivity contribution is 0.533. The second-order valence-electron chi connectivity index (χ2n) is 3.75. The van der Waals surface area contributed by atoms with Crippen molar-refractivity contribution in [2.24, 2.45) is 0 Å². The van der Waals surface area contributed by atoms with Crippen molar-refractivity contribution in [3.05, 3.63) is 35.6 Å². The van der Waals surface area contributed by atoms with Crippen LogP contribution in [0.5, 0.6) is 0 Å². The summed E-state index contributed by atoms with van der Waals surface area (Å²) in [5, 5.41) is 1.26. The van der Waals surface area contributed by atoms with Gasteiger partial charge in [-0.15, -0.1) is 0 Å². The Balaban J connectivity index is 2.41. The van der Waals surface area contributed by atoms with Gasteiger partial charge in [0.05, 0.1) is 0 Å². The highest BCUT2D eigenvalue weighted by Gasteiger charge is 2.08. The van der Waals surface area contributed by atoms with Gasteiger partial charge in [0.15, 0.2) is 0 Å². The molecule has 0 aliphatic carbocycles. The van der Waals surface area contributed by atoms with Gasteiger partial charge in [0.25, 0.3) is 0 Å². The molecule has 2 rings (SSSR count). The highest BCUT2D eigenvalue weighted by atomic mass is 16.3. The van der Waals surface area contributed by atoms with Crippen LogP contribution in [-0.4, -0.2) is 0 Å². The first-order chi connectivity index (χ1) is 6.83. The summed E-state index contributed by atoms with van der Waals surface area (Å²) >= 11 is 0. The zero-order valence-corrected chi connectivity index (χ0v) is 8.84. The van der Waals surface area contributed by atoms with E-state index in [1.54, 1.807) is 0 Å². The van der Waals surface area contributed by atoms with Gasteiger partial charge in [-0.3, -0.25) is 0 Å². The van der Waals surface area contributed by atoms with E-state index in [4.69, 9.17) is 4.42 Å². The number of fused-ring (bicyclic) bond motifs is 1. The molecule has 0 aliphatic heterocycles. The second-order valence-corrected chi connectivity index (χ2v) is 3.75. The van der Waals surface area contributed by atoms with Crippen molar-refractivity contribution in [1.82, 2.24) is 0 Å². The normalized spacial score (nSPS) is 11.0. The Morgan fingerprint density at radius 1 is 1.21 bits per heavy atom. The predicted octanol–water partition coefficient (Wildman–Crippen LogP) is 4.08. The van der Waals surface area contributed by atoms with Gasteiger partial charge < -0.3 is 4.42 Å². The van der Waals surface area contributed by atoms with E-state index in [2.05, 4.69) is 26.0 Å². The molecule has 0 amide bonds. The van der Waals surface area contributed by atoms with Crippen LogP contribution < -0.4 is 0 Å². The van der Waals surface area contributed by atoms with Crippen LogP contribution in [0.4, 0.5) is 0 Å². The molecule has 0 aliphatic rings. The summed E-state index contributed by atoms with van der Waals surface area (Å²) in [5.41, 5.74) is 2.34. The topological polar surface area (TPSA) is 13.1 Å². The SMILES string of the molecule is CCCCc1oc2ccccc2c1C. The van der Waals surface area contributed by atoms with Crippen molar-refractivity contribution >= 4 is 11.0 Å². The van der Waals surface area contributed by atoms with Crippen molar-refractivity contribution in [3.8, 4) is 0 Å². The molecule has 0 spiro atoms. The van der Waals surface area contributed by atoms with Crippen LogP contribution in [-0.2, 0) is 6.42 Å². The largest absolute Gasteiger partial charge is 0.461 e. The summed E-state index contributed by atoms with van der Waals surface area (Å²) in [5.74, 6) is 1.16. The average molecular weight is 188 g/mol. The molecule has 1 nitrogen and oxygen atoms in total. The first kappa shape index (κ1) is 9.32. The number of benzene rings is 1. The lowest BCUT2D eigenvalue weighted by atomic mass is 10.1. The van der Waals surface area contributed by atoms with E-state index in [9.17, 15) is 0 Å². The summed E-state index contributed by atoms with van der Waals surface area (Å²) in [6, 6.07) is 8.25. The number of furan rings is 1. The highest BCUT2D eigenvalue weighted by Crippen LogP contribution is 2.25. The van der Waals surface area contributed by atoms with Gasteiger partial charge in [-0.2, -0.15) is 0 Å². The quantitative estimate of drug-likeness (QED) is 0.707. The van der Waals surface area contributed by atoms with E-state index < -0.39 is 0 Å². The smallest absolute Gasteiger partial charge is 0.134 e. The Labute approximate surface area is 84.7 Å². The fourth-order valence-corrected chi connectivity index (χ4v) is 1.80. The zero-order valence-electron chi connectivity index (χ0n) is 8.84. The maximum absolute atomic E-state index is 5.80. The Bertz CT molecular complexity index is 426.